The number of ether oxygens (including phenoxy) is 1. The van der Waals surface area contributed by atoms with Crippen LogP contribution >= 0.6 is 12.4 Å². The van der Waals surface area contributed by atoms with Crippen molar-refractivity contribution in [3.8, 4) is 12.3 Å². The van der Waals surface area contributed by atoms with Crippen molar-refractivity contribution in [2.75, 3.05) is 14.2 Å². The smallest absolute Gasteiger partial charge is 0.135 e. The number of halogens is 1. The maximum Gasteiger partial charge on any atom is 0.135 e. The van der Waals surface area contributed by atoms with E-state index in [1.807, 2.05) is 43.4 Å². The molecule has 128 valence electrons. The third kappa shape index (κ3) is 3.49. The maximum atomic E-state index is 6.23. The van der Waals surface area contributed by atoms with E-state index in [0.29, 0.717) is 6.42 Å². The Balaban J connectivity index is 0.00000288. The molecule has 3 heteroatoms. The molecule has 2 aromatic rings. The van der Waals surface area contributed by atoms with Crippen molar-refractivity contribution >= 4 is 12.4 Å². The van der Waals surface area contributed by atoms with Crippen molar-refractivity contribution in [2.45, 2.75) is 30.9 Å². The molecule has 0 bridgehead atoms. The number of nitrogens with one attached hydrogen (secondary N) is 1. The molecule has 0 heterocycles. The number of hydrogen-bond donors (Lipinski definition) is 1. The highest BCUT2D eigenvalue weighted by molar-refractivity contribution is 5.85. The van der Waals surface area contributed by atoms with Crippen LogP contribution in [-0.4, -0.2) is 19.7 Å². The fraction of sp³-hybridized carbons (Fsp3) is 0.333. The minimum Gasteiger partial charge on any atom is -0.367 e. The van der Waals surface area contributed by atoms with E-state index < -0.39 is 5.60 Å². The molecular formula is C21H26ClNO. The lowest BCUT2D eigenvalue weighted by molar-refractivity contribution is -0.0539. The number of methoxy groups -OCH3 is 1. The highest BCUT2D eigenvalue weighted by atomic mass is 35.5. The predicted molar refractivity (Wildman–Crippen MR) is 103 cm³/mol. The molecule has 2 rings (SSSR count). The van der Waals surface area contributed by atoms with Crippen molar-refractivity contribution in [1.82, 2.24) is 5.32 Å². The van der Waals surface area contributed by atoms with Crippen LogP contribution < -0.4 is 5.32 Å². The molecule has 0 aliphatic carbocycles. The van der Waals surface area contributed by atoms with E-state index in [-0.39, 0.29) is 17.9 Å². The van der Waals surface area contributed by atoms with Gasteiger partial charge in [0.1, 0.15) is 5.60 Å². The number of benzene rings is 2. The lowest BCUT2D eigenvalue weighted by atomic mass is 9.69. The van der Waals surface area contributed by atoms with Gasteiger partial charge in [0.25, 0.3) is 0 Å². The Hall–Kier alpha value is -1.79. The van der Waals surface area contributed by atoms with Crippen LogP contribution in [0.2, 0.25) is 0 Å². The van der Waals surface area contributed by atoms with E-state index in [9.17, 15) is 0 Å². The lowest BCUT2D eigenvalue weighted by Gasteiger charge is -2.48. The molecular weight excluding hydrogens is 318 g/mol. The molecule has 0 aliphatic heterocycles. The lowest BCUT2D eigenvalue weighted by Crippen LogP contribution is -2.59. The fourth-order valence-corrected chi connectivity index (χ4v) is 3.41. The molecule has 0 aliphatic rings. The van der Waals surface area contributed by atoms with Gasteiger partial charge in [-0.05, 0) is 31.5 Å². The topological polar surface area (TPSA) is 21.3 Å². The van der Waals surface area contributed by atoms with E-state index >= 15 is 0 Å². The van der Waals surface area contributed by atoms with Crippen LogP contribution in [0.3, 0.4) is 0 Å². The third-order valence-electron chi connectivity index (χ3n) is 4.76. The van der Waals surface area contributed by atoms with Crippen LogP contribution in [0.25, 0.3) is 0 Å². The highest BCUT2D eigenvalue weighted by Gasteiger charge is 2.50. The van der Waals surface area contributed by atoms with Gasteiger partial charge in [-0.2, -0.15) is 0 Å². The Morgan fingerprint density at radius 2 is 1.46 bits per heavy atom. The van der Waals surface area contributed by atoms with Crippen LogP contribution in [-0.2, 0) is 10.3 Å². The Labute approximate surface area is 152 Å². The minimum atomic E-state index is -0.624. The fourth-order valence-electron chi connectivity index (χ4n) is 3.41. The van der Waals surface area contributed by atoms with E-state index in [1.54, 1.807) is 7.11 Å². The van der Waals surface area contributed by atoms with E-state index in [2.05, 4.69) is 42.4 Å². The summed E-state index contributed by atoms with van der Waals surface area (Å²) in [6.45, 7) is 2.17. The summed E-state index contributed by atoms with van der Waals surface area (Å²) in [5.41, 5.74) is 1.25. The zero-order valence-corrected chi connectivity index (χ0v) is 15.4. The summed E-state index contributed by atoms with van der Waals surface area (Å²) in [6.07, 6.45) is 7.02. The summed E-state index contributed by atoms with van der Waals surface area (Å²) >= 11 is 0. The summed E-state index contributed by atoms with van der Waals surface area (Å²) in [7, 11) is 3.74. The molecule has 1 N–H and O–H groups in total. The third-order valence-corrected chi connectivity index (χ3v) is 4.76. The molecule has 0 fully saturated rings. The van der Waals surface area contributed by atoms with Crippen LogP contribution in [0.15, 0.2) is 60.7 Å². The van der Waals surface area contributed by atoms with Crippen molar-refractivity contribution < 1.29 is 4.74 Å². The SMILES string of the molecule is C#CCCC(C)(NC)C(OC)(c1ccccc1)c1ccccc1.Cl. The molecule has 0 amide bonds. The molecule has 0 saturated heterocycles. The van der Waals surface area contributed by atoms with Crippen LogP contribution in [0.4, 0.5) is 0 Å². The predicted octanol–water partition coefficient (Wildman–Crippen LogP) is 4.39. The zero-order chi connectivity index (χ0) is 16.8. The van der Waals surface area contributed by atoms with E-state index in [0.717, 1.165) is 17.5 Å². The molecule has 0 aromatic heterocycles. The quantitative estimate of drug-likeness (QED) is 0.753. The highest BCUT2D eigenvalue weighted by Crippen LogP contribution is 2.44. The standard InChI is InChI=1S/C21H25NO.ClH/c1-5-6-17-20(2,22-3)21(23-4,18-13-9-7-10-14-18)19-15-11-8-12-16-19;/h1,7-16,22H,6,17H2,2-4H3;1H. The molecule has 0 saturated carbocycles. The molecule has 1 atom stereocenters. The molecule has 2 nitrogen and oxygen atoms in total. The normalized spacial score (nSPS) is 13.4. The first kappa shape index (κ1) is 20.3. The minimum absolute atomic E-state index is 0. The molecule has 2 aromatic carbocycles. The van der Waals surface area contributed by atoms with Crippen molar-refractivity contribution in [2.24, 2.45) is 0 Å². The number of hydrogen-bond acceptors (Lipinski definition) is 2. The molecule has 0 spiro atoms. The molecule has 0 radical (unpaired) electrons. The van der Waals surface area contributed by atoms with E-state index in [4.69, 9.17) is 11.2 Å². The number of rotatable bonds is 7. The second kappa shape index (κ2) is 8.89. The van der Waals surface area contributed by atoms with Crippen LogP contribution in [0.5, 0.6) is 0 Å². The van der Waals surface area contributed by atoms with Crippen LogP contribution in [0, 0.1) is 12.3 Å². The van der Waals surface area contributed by atoms with Gasteiger partial charge in [-0.1, -0.05) is 60.7 Å². The first-order valence-corrected chi connectivity index (χ1v) is 7.93. The van der Waals surface area contributed by atoms with Gasteiger partial charge in [0.2, 0.25) is 0 Å². The van der Waals surface area contributed by atoms with Crippen molar-refractivity contribution in [3.63, 3.8) is 0 Å². The largest absolute Gasteiger partial charge is 0.367 e. The van der Waals surface area contributed by atoms with Crippen LogP contribution in [0.1, 0.15) is 30.9 Å². The Morgan fingerprint density at radius 1 is 1.00 bits per heavy atom. The van der Waals surface area contributed by atoms with Gasteiger partial charge in [0.05, 0.1) is 5.54 Å². The van der Waals surface area contributed by atoms with Gasteiger partial charge >= 0.3 is 0 Å². The Kier molecular flexibility index (Phi) is 7.51. The van der Waals surface area contributed by atoms with Crippen molar-refractivity contribution in [1.29, 1.82) is 0 Å². The first-order valence-electron chi connectivity index (χ1n) is 7.93. The monoisotopic (exact) mass is 343 g/mol. The van der Waals surface area contributed by atoms with Gasteiger partial charge in [-0.15, -0.1) is 24.8 Å². The first-order chi connectivity index (χ1) is 11.1. The Morgan fingerprint density at radius 3 is 1.79 bits per heavy atom. The summed E-state index contributed by atoms with van der Waals surface area (Å²) in [4.78, 5) is 0. The second-order valence-electron chi connectivity index (χ2n) is 5.90. The average molecular weight is 344 g/mol. The second-order valence-corrected chi connectivity index (χ2v) is 5.90. The van der Waals surface area contributed by atoms with Gasteiger partial charge in [-0.25, -0.2) is 0 Å². The number of terminal acetylenes is 1. The van der Waals surface area contributed by atoms with Gasteiger partial charge in [-0.3, -0.25) is 0 Å². The molecule has 24 heavy (non-hydrogen) atoms. The summed E-state index contributed by atoms with van der Waals surface area (Å²) in [5, 5.41) is 3.48. The summed E-state index contributed by atoms with van der Waals surface area (Å²) in [6, 6.07) is 20.7. The van der Waals surface area contributed by atoms with E-state index in [1.165, 1.54) is 0 Å². The van der Waals surface area contributed by atoms with Gasteiger partial charge in [0.15, 0.2) is 0 Å². The Bertz CT molecular complexity index is 611. The molecule has 1 unspecified atom stereocenters. The summed E-state index contributed by atoms with van der Waals surface area (Å²) in [5.74, 6) is 2.76. The summed E-state index contributed by atoms with van der Waals surface area (Å²) < 4.78 is 6.23. The average Bonchev–Trinajstić information content (AvgIpc) is 2.63. The van der Waals surface area contributed by atoms with Gasteiger partial charge < -0.3 is 10.1 Å². The zero-order valence-electron chi connectivity index (χ0n) is 14.6. The number of likely N-dealkylation sites (N-methyl/N-ethyl adjacent to an activating group) is 1. The maximum absolute atomic E-state index is 6.23. The van der Waals surface area contributed by atoms with Gasteiger partial charge in [0, 0.05) is 13.5 Å². The van der Waals surface area contributed by atoms with Crippen molar-refractivity contribution in [3.05, 3.63) is 71.8 Å².